The maximum atomic E-state index is 12.3. The van der Waals surface area contributed by atoms with Gasteiger partial charge in [-0.05, 0) is 30.3 Å². The summed E-state index contributed by atoms with van der Waals surface area (Å²) < 4.78 is 4.98. The van der Waals surface area contributed by atoms with Crippen molar-refractivity contribution in [3.63, 3.8) is 0 Å². The van der Waals surface area contributed by atoms with E-state index in [1.54, 1.807) is 30.3 Å². The molecule has 104 valence electrons. The van der Waals surface area contributed by atoms with Crippen LogP contribution in [0.1, 0.15) is 16.1 Å². The molecule has 2 aromatic carbocycles. The van der Waals surface area contributed by atoms with Crippen LogP contribution in [0.15, 0.2) is 57.7 Å². The van der Waals surface area contributed by atoms with Gasteiger partial charge >= 0.3 is 5.63 Å². The van der Waals surface area contributed by atoms with Crippen molar-refractivity contribution in [3.05, 3.63) is 75.3 Å². The van der Waals surface area contributed by atoms with E-state index in [1.807, 2.05) is 0 Å². The number of carbonyl (C=O) groups excluding carboxylic acids is 1. The molecule has 0 aliphatic carbocycles. The van der Waals surface area contributed by atoms with Crippen molar-refractivity contribution >= 4 is 28.2 Å². The number of halogens is 1. The zero-order valence-electron chi connectivity index (χ0n) is 10.7. The molecule has 0 bridgehead atoms. The predicted molar refractivity (Wildman–Crippen MR) is 79.0 cm³/mol. The van der Waals surface area contributed by atoms with Crippen molar-refractivity contribution in [2.45, 2.75) is 0 Å². The Morgan fingerprint density at radius 1 is 1.00 bits per heavy atom. The van der Waals surface area contributed by atoms with Gasteiger partial charge in [0.2, 0.25) is 11.5 Å². The lowest BCUT2D eigenvalue weighted by Crippen LogP contribution is -2.08. The van der Waals surface area contributed by atoms with E-state index in [-0.39, 0.29) is 27.8 Å². The van der Waals surface area contributed by atoms with Gasteiger partial charge in [0.05, 0.1) is 5.39 Å². The van der Waals surface area contributed by atoms with Crippen LogP contribution in [-0.2, 0) is 0 Å². The van der Waals surface area contributed by atoms with Crippen molar-refractivity contribution in [1.29, 1.82) is 0 Å². The van der Waals surface area contributed by atoms with Crippen molar-refractivity contribution in [2.24, 2.45) is 0 Å². The SMILES string of the molecule is O=C(c1ccc(Cl)cc1)c1oc(=O)c2ccccc2c1O. The minimum atomic E-state index is -0.666. The Labute approximate surface area is 124 Å². The minimum absolute atomic E-state index is 0.225. The summed E-state index contributed by atoms with van der Waals surface area (Å²) in [5.41, 5.74) is -0.395. The standard InChI is InChI=1S/C16H9ClO4/c17-10-7-5-9(6-8-10)13(18)15-14(19)11-3-1-2-4-12(11)16(20)21-15/h1-8,19H. The minimum Gasteiger partial charge on any atom is -0.504 e. The summed E-state index contributed by atoms with van der Waals surface area (Å²) in [7, 11) is 0. The Morgan fingerprint density at radius 3 is 2.29 bits per heavy atom. The van der Waals surface area contributed by atoms with Gasteiger partial charge < -0.3 is 9.52 Å². The average molecular weight is 301 g/mol. The van der Waals surface area contributed by atoms with Crippen LogP contribution < -0.4 is 5.63 Å². The van der Waals surface area contributed by atoms with Gasteiger partial charge in [0, 0.05) is 16.0 Å². The summed E-state index contributed by atoms with van der Waals surface area (Å²) in [6.45, 7) is 0. The lowest BCUT2D eigenvalue weighted by Gasteiger charge is -2.05. The highest BCUT2D eigenvalue weighted by molar-refractivity contribution is 6.30. The monoisotopic (exact) mass is 300 g/mol. The largest absolute Gasteiger partial charge is 0.504 e. The van der Waals surface area contributed by atoms with Crippen LogP contribution in [0.2, 0.25) is 5.02 Å². The number of benzene rings is 2. The fourth-order valence-corrected chi connectivity index (χ4v) is 2.20. The van der Waals surface area contributed by atoms with Gasteiger partial charge in [0.25, 0.3) is 0 Å². The third-order valence-corrected chi connectivity index (χ3v) is 3.38. The van der Waals surface area contributed by atoms with Gasteiger partial charge in [-0.15, -0.1) is 0 Å². The highest BCUT2D eigenvalue weighted by Gasteiger charge is 2.20. The van der Waals surface area contributed by atoms with E-state index in [0.717, 1.165) is 0 Å². The number of aromatic hydroxyl groups is 1. The first-order chi connectivity index (χ1) is 10.1. The highest BCUT2D eigenvalue weighted by atomic mass is 35.5. The summed E-state index contributed by atoms with van der Waals surface area (Å²) in [4.78, 5) is 24.2. The topological polar surface area (TPSA) is 67.5 Å². The Hall–Kier alpha value is -2.59. The van der Waals surface area contributed by atoms with Crippen molar-refractivity contribution in [2.75, 3.05) is 0 Å². The van der Waals surface area contributed by atoms with E-state index in [9.17, 15) is 14.7 Å². The van der Waals surface area contributed by atoms with Gasteiger partial charge in [0.15, 0.2) is 5.75 Å². The third-order valence-electron chi connectivity index (χ3n) is 3.12. The van der Waals surface area contributed by atoms with Crippen molar-refractivity contribution in [3.8, 4) is 5.75 Å². The molecule has 0 fully saturated rings. The molecule has 0 spiro atoms. The van der Waals surface area contributed by atoms with Crippen LogP contribution >= 0.6 is 11.6 Å². The van der Waals surface area contributed by atoms with Crippen LogP contribution in [-0.4, -0.2) is 10.9 Å². The molecule has 3 rings (SSSR count). The first-order valence-corrected chi connectivity index (χ1v) is 6.51. The maximum absolute atomic E-state index is 12.3. The molecule has 0 aliphatic heterocycles. The predicted octanol–water partition coefficient (Wildman–Crippen LogP) is 3.38. The number of fused-ring (bicyclic) bond motifs is 1. The van der Waals surface area contributed by atoms with Crippen LogP contribution in [0.25, 0.3) is 10.8 Å². The first-order valence-electron chi connectivity index (χ1n) is 6.13. The maximum Gasteiger partial charge on any atom is 0.344 e. The Kier molecular flexibility index (Phi) is 3.23. The Morgan fingerprint density at radius 2 is 1.62 bits per heavy atom. The second-order valence-electron chi connectivity index (χ2n) is 4.45. The lowest BCUT2D eigenvalue weighted by molar-refractivity contribution is 0.100. The molecular formula is C16H9ClO4. The molecule has 0 saturated carbocycles. The molecule has 0 atom stereocenters. The molecule has 1 heterocycles. The number of hydrogen-bond acceptors (Lipinski definition) is 4. The zero-order valence-corrected chi connectivity index (χ0v) is 11.4. The molecule has 21 heavy (non-hydrogen) atoms. The summed E-state index contributed by atoms with van der Waals surface area (Å²) in [5, 5.41) is 11.2. The molecule has 3 aromatic rings. The lowest BCUT2D eigenvalue weighted by atomic mass is 10.1. The van der Waals surface area contributed by atoms with E-state index >= 15 is 0 Å². The van der Waals surface area contributed by atoms with E-state index in [1.165, 1.54) is 18.2 Å². The van der Waals surface area contributed by atoms with Crippen LogP contribution in [0.3, 0.4) is 0 Å². The summed E-state index contributed by atoms with van der Waals surface area (Å²) in [6.07, 6.45) is 0. The third kappa shape index (κ3) is 2.30. The summed E-state index contributed by atoms with van der Waals surface area (Å²) >= 11 is 5.76. The normalized spacial score (nSPS) is 10.7. The van der Waals surface area contributed by atoms with Crippen LogP contribution in [0.4, 0.5) is 0 Å². The first kappa shape index (κ1) is 13.4. The van der Waals surface area contributed by atoms with Gasteiger partial charge in [-0.3, -0.25) is 4.79 Å². The highest BCUT2D eigenvalue weighted by Crippen LogP contribution is 2.28. The van der Waals surface area contributed by atoms with E-state index in [2.05, 4.69) is 0 Å². The van der Waals surface area contributed by atoms with Gasteiger partial charge in [-0.1, -0.05) is 29.8 Å². The average Bonchev–Trinajstić information content (AvgIpc) is 2.51. The molecule has 0 saturated heterocycles. The van der Waals surface area contributed by atoms with Crippen molar-refractivity contribution in [1.82, 2.24) is 0 Å². The van der Waals surface area contributed by atoms with Crippen molar-refractivity contribution < 1.29 is 14.3 Å². The van der Waals surface area contributed by atoms with E-state index < -0.39 is 11.4 Å². The molecule has 5 heteroatoms. The molecule has 4 nitrogen and oxygen atoms in total. The van der Waals surface area contributed by atoms with Gasteiger partial charge in [-0.2, -0.15) is 0 Å². The van der Waals surface area contributed by atoms with Gasteiger partial charge in [0.1, 0.15) is 0 Å². The zero-order chi connectivity index (χ0) is 15.0. The van der Waals surface area contributed by atoms with E-state index in [4.69, 9.17) is 16.0 Å². The fraction of sp³-hybridized carbons (Fsp3) is 0. The summed E-state index contributed by atoms with van der Waals surface area (Å²) in [6, 6.07) is 12.5. The van der Waals surface area contributed by atoms with Crippen LogP contribution in [0, 0.1) is 0 Å². The molecule has 0 radical (unpaired) electrons. The molecule has 1 N–H and O–H groups in total. The number of carbonyl (C=O) groups is 1. The Balaban J connectivity index is 2.21. The smallest absolute Gasteiger partial charge is 0.344 e. The Bertz CT molecular complexity index is 894. The quantitative estimate of drug-likeness (QED) is 0.737. The second-order valence-corrected chi connectivity index (χ2v) is 4.89. The molecule has 0 aliphatic rings. The molecule has 1 aromatic heterocycles. The van der Waals surface area contributed by atoms with E-state index in [0.29, 0.717) is 5.02 Å². The molecule has 0 unspecified atom stereocenters. The summed E-state index contributed by atoms with van der Waals surface area (Å²) in [5.74, 6) is -1.29. The van der Waals surface area contributed by atoms with Crippen LogP contribution in [0.5, 0.6) is 5.75 Å². The fourth-order valence-electron chi connectivity index (χ4n) is 2.07. The molecule has 0 amide bonds. The number of rotatable bonds is 2. The second kappa shape index (κ2) is 5.07. The number of ketones is 1. The molecular weight excluding hydrogens is 292 g/mol. The van der Waals surface area contributed by atoms with Gasteiger partial charge in [-0.25, -0.2) is 4.79 Å². The number of hydrogen-bond donors (Lipinski definition) is 1.